The second-order valence-electron chi connectivity index (χ2n) is 12.8. The Morgan fingerprint density at radius 2 is 1.56 bits per heavy atom. The zero-order valence-electron chi connectivity index (χ0n) is 28.8. The molecule has 11 nitrogen and oxygen atoms in total. The van der Waals surface area contributed by atoms with Crippen molar-refractivity contribution in [3.63, 3.8) is 0 Å². The predicted octanol–water partition coefficient (Wildman–Crippen LogP) is 5.77. The van der Waals surface area contributed by atoms with E-state index in [1.54, 1.807) is 0 Å². The first-order chi connectivity index (χ1) is 23.0. The number of methoxy groups -OCH3 is 1. The van der Waals surface area contributed by atoms with E-state index >= 15 is 0 Å². The summed E-state index contributed by atoms with van der Waals surface area (Å²) < 4.78 is 34.0. The van der Waals surface area contributed by atoms with E-state index in [9.17, 15) is 19.2 Å². The van der Waals surface area contributed by atoms with Crippen molar-refractivity contribution in [2.24, 2.45) is 17.8 Å². The van der Waals surface area contributed by atoms with Gasteiger partial charge in [0.05, 0.1) is 19.8 Å². The molecule has 0 bridgehead atoms. The Labute approximate surface area is 282 Å². The van der Waals surface area contributed by atoms with Crippen molar-refractivity contribution in [3.8, 4) is 11.1 Å². The number of ether oxygens (including phenoxy) is 6. The highest BCUT2D eigenvalue weighted by Crippen LogP contribution is 2.45. The molecule has 2 unspecified atom stereocenters. The van der Waals surface area contributed by atoms with Crippen LogP contribution in [0.4, 0.5) is 4.79 Å². The minimum Gasteiger partial charge on any atom is -0.465 e. The van der Waals surface area contributed by atoms with Gasteiger partial charge in [0.2, 0.25) is 0 Å². The maximum absolute atomic E-state index is 13.1. The van der Waals surface area contributed by atoms with Gasteiger partial charge in [0.25, 0.3) is 5.79 Å². The molecule has 1 heterocycles. The third-order valence-electron chi connectivity index (χ3n) is 9.47. The molecule has 2 aromatic carbocycles. The molecule has 1 aliphatic carbocycles. The van der Waals surface area contributed by atoms with Gasteiger partial charge in [0.15, 0.2) is 0 Å². The molecule has 2 aliphatic rings. The number of unbranched alkanes of at least 4 members (excludes halogenated alkanes) is 2. The highest BCUT2D eigenvalue weighted by atomic mass is 16.7. The van der Waals surface area contributed by atoms with E-state index in [1.165, 1.54) is 32.1 Å². The van der Waals surface area contributed by atoms with Crippen molar-refractivity contribution in [1.82, 2.24) is 5.32 Å². The highest BCUT2D eigenvalue weighted by molar-refractivity contribution is 5.79. The molecule has 11 heteroatoms. The van der Waals surface area contributed by atoms with Gasteiger partial charge in [-0.3, -0.25) is 9.59 Å². The van der Waals surface area contributed by atoms with Crippen LogP contribution in [0.25, 0.3) is 11.1 Å². The van der Waals surface area contributed by atoms with Crippen LogP contribution in [0.5, 0.6) is 0 Å². The van der Waals surface area contributed by atoms with E-state index in [-0.39, 0.29) is 44.0 Å². The number of amides is 1. The van der Waals surface area contributed by atoms with Gasteiger partial charge >= 0.3 is 24.0 Å². The van der Waals surface area contributed by atoms with E-state index < -0.39 is 47.9 Å². The highest BCUT2D eigenvalue weighted by Gasteiger charge is 2.53. The summed E-state index contributed by atoms with van der Waals surface area (Å²) in [5.41, 5.74) is 4.68. The Kier molecular flexibility index (Phi) is 13.0. The summed E-state index contributed by atoms with van der Waals surface area (Å²) in [4.78, 5) is 48.9. The van der Waals surface area contributed by atoms with Crippen molar-refractivity contribution in [2.75, 3.05) is 33.5 Å². The molecule has 0 radical (unpaired) electrons. The van der Waals surface area contributed by atoms with E-state index in [0.29, 0.717) is 19.4 Å². The van der Waals surface area contributed by atoms with Gasteiger partial charge in [-0.1, -0.05) is 69.3 Å². The second kappa shape index (κ2) is 16.9. The molecule has 0 spiro atoms. The summed E-state index contributed by atoms with van der Waals surface area (Å²) in [7, 11) is 1.29. The smallest absolute Gasteiger partial charge is 0.407 e. The number of rotatable bonds is 15. The van der Waals surface area contributed by atoms with Crippen LogP contribution in [-0.4, -0.2) is 75.5 Å². The van der Waals surface area contributed by atoms with Gasteiger partial charge < -0.3 is 33.7 Å². The molecule has 1 aliphatic heterocycles. The molecule has 1 N–H and O–H groups in total. The number of alkyl carbamates (subject to hydrolysis) is 1. The first-order valence-electron chi connectivity index (χ1n) is 16.8. The topological polar surface area (TPSA) is 136 Å². The number of benzene rings is 2. The summed E-state index contributed by atoms with van der Waals surface area (Å²) in [5.74, 6) is -3.74. The SMILES string of the molecule is COC(=O)[C@@]1(OCCCCCNC(=O)OCC2c3ccccc3-c3ccccc32)CC(C)[C@@H](C)C([C@H](C)[C@@H](COC(C)=O)OC(C)=O)O1. The van der Waals surface area contributed by atoms with Crippen LogP contribution in [0.3, 0.4) is 0 Å². The van der Waals surface area contributed by atoms with Crippen LogP contribution in [0.2, 0.25) is 0 Å². The fourth-order valence-electron chi connectivity index (χ4n) is 6.73. The summed E-state index contributed by atoms with van der Waals surface area (Å²) in [6.45, 7) is 9.21. The van der Waals surface area contributed by atoms with Crippen molar-refractivity contribution in [2.45, 2.75) is 84.2 Å². The van der Waals surface area contributed by atoms with Gasteiger partial charge in [-0.2, -0.15) is 0 Å². The molecule has 6 atom stereocenters. The molecule has 2 aromatic rings. The third kappa shape index (κ3) is 8.93. The molecule has 262 valence electrons. The van der Waals surface area contributed by atoms with Gasteiger partial charge in [-0.15, -0.1) is 0 Å². The molecule has 1 saturated heterocycles. The summed E-state index contributed by atoms with van der Waals surface area (Å²) in [5, 5.41) is 2.83. The monoisotopic (exact) mass is 667 g/mol. The fourth-order valence-corrected chi connectivity index (χ4v) is 6.73. The number of nitrogens with one attached hydrogen (secondary N) is 1. The van der Waals surface area contributed by atoms with Crippen LogP contribution in [0, 0.1) is 17.8 Å². The van der Waals surface area contributed by atoms with Gasteiger partial charge in [0.1, 0.15) is 19.3 Å². The third-order valence-corrected chi connectivity index (χ3v) is 9.47. The van der Waals surface area contributed by atoms with E-state index in [2.05, 4.69) is 29.6 Å². The van der Waals surface area contributed by atoms with Crippen molar-refractivity contribution in [1.29, 1.82) is 0 Å². The number of carbonyl (C=O) groups is 4. The van der Waals surface area contributed by atoms with Gasteiger partial charge in [-0.05, 0) is 53.4 Å². The van der Waals surface area contributed by atoms with Crippen LogP contribution < -0.4 is 5.32 Å². The lowest BCUT2D eigenvalue weighted by atomic mass is 9.76. The number of hydrogen-bond donors (Lipinski definition) is 1. The quantitative estimate of drug-likeness (QED) is 0.142. The van der Waals surface area contributed by atoms with E-state index in [4.69, 9.17) is 28.4 Å². The Morgan fingerprint density at radius 1 is 0.917 bits per heavy atom. The van der Waals surface area contributed by atoms with Crippen LogP contribution >= 0.6 is 0 Å². The standard InChI is InChI=1S/C37H49NO10/c1-23-20-37(35(41)43-6,48-34(24(23)2)25(3)33(47-27(5)40)22-44-26(4)39)46-19-13-7-12-18-38-36(42)45-21-32-30-16-10-8-14-28(30)29-15-9-11-17-31(29)32/h8-11,14-17,23-25,32-34H,7,12-13,18-22H2,1-6H3,(H,38,42)/t23?,24-,25-,33-,34?,37-/m1/s1. The minimum atomic E-state index is -1.64. The molecule has 0 aromatic heterocycles. The second-order valence-corrected chi connectivity index (χ2v) is 12.8. The molecular weight excluding hydrogens is 618 g/mol. The lowest BCUT2D eigenvalue weighted by Gasteiger charge is -2.47. The Morgan fingerprint density at radius 3 is 2.17 bits per heavy atom. The van der Waals surface area contributed by atoms with Gasteiger partial charge in [0, 0.05) is 38.6 Å². The van der Waals surface area contributed by atoms with Crippen molar-refractivity contribution < 1.29 is 47.6 Å². The Bertz CT molecular complexity index is 1380. The number of hydrogen-bond acceptors (Lipinski definition) is 10. The van der Waals surface area contributed by atoms with Crippen molar-refractivity contribution in [3.05, 3.63) is 59.7 Å². The average Bonchev–Trinajstić information content (AvgIpc) is 3.39. The molecule has 48 heavy (non-hydrogen) atoms. The van der Waals surface area contributed by atoms with E-state index in [0.717, 1.165) is 17.5 Å². The number of fused-ring (bicyclic) bond motifs is 3. The summed E-state index contributed by atoms with van der Waals surface area (Å²) in [6.07, 6.45) is 0.517. The normalized spacial score (nSPS) is 22.8. The summed E-state index contributed by atoms with van der Waals surface area (Å²) >= 11 is 0. The van der Waals surface area contributed by atoms with E-state index in [1.807, 2.05) is 45.0 Å². The lowest BCUT2D eigenvalue weighted by Crippen LogP contribution is -2.58. The van der Waals surface area contributed by atoms with Gasteiger partial charge in [-0.25, -0.2) is 9.59 Å². The fraction of sp³-hybridized carbons (Fsp3) is 0.568. The minimum absolute atomic E-state index is 0.000786. The molecule has 1 fully saturated rings. The molecule has 0 saturated carbocycles. The van der Waals surface area contributed by atoms with Crippen molar-refractivity contribution >= 4 is 24.0 Å². The first-order valence-corrected chi connectivity index (χ1v) is 16.8. The van der Waals surface area contributed by atoms with Crippen LogP contribution in [0.1, 0.15) is 77.3 Å². The Hall–Kier alpha value is -3.96. The summed E-state index contributed by atoms with van der Waals surface area (Å²) in [6, 6.07) is 16.4. The predicted molar refractivity (Wildman–Crippen MR) is 177 cm³/mol. The zero-order valence-corrected chi connectivity index (χ0v) is 28.8. The zero-order chi connectivity index (χ0) is 34.8. The molecular formula is C37H49NO10. The number of esters is 3. The maximum atomic E-state index is 13.1. The van der Waals surface area contributed by atoms with Crippen LogP contribution in [0.15, 0.2) is 48.5 Å². The first kappa shape index (κ1) is 36.9. The van der Waals surface area contributed by atoms with Crippen LogP contribution in [-0.2, 0) is 42.8 Å². The lowest BCUT2D eigenvalue weighted by molar-refractivity contribution is -0.306. The maximum Gasteiger partial charge on any atom is 0.407 e. The largest absolute Gasteiger partial charge is 0.465 e. The Balaban J connectivity index is 1.25. The molecule has 4 rings (SSSR count). The average molecular weight is 668 g/mol. The number of carbonyl (C=O) groups excluding carboxylic acids is 4. The molecule has 1 amide bonds.